The van der Waals surface area contributed by atoms with Crippen LogP contribution in [0.4, 0.5) is 5.69 Å². The Labute approximate surface area is 177 Å². The molecule has 0 N–H and O–H groups in total. The van der Waals surface area contributed by atoms with E-state index in [9.17, 15) is 14.4 Å². The van der Waals surface area contributed by atoms with E-state index >= 15 is 0 Å². The molecule has 1 saturated heterocycles. The van der Waals surface area contributed by atoms with Gasteiger partial charge in [0.2, 0.25) is 17.5 Å². The van der Waals surface area contributed by atoms with E-state index in [1.165, 1.54) is 4.90 Å². The SMILES string of the molecule is O=C1CC[C@]2(C(=O)OCc3nc4ccccc4o3)N1c1ccccc1C(=O)N2C1CC1. The summed E-state index contributed by atoms with van der Waals surface area (Å²) in [4.78, 5) is 47.3. The fraction of sp³-hybridized carbons (Fsp3) is 0.304. The molecule has 6 rings (SSSR count). The average molecular weight is 417 g/mol. The van der Waals surface area contributed by atoms with Gasteiger partial charge < -0.3 is 14.1 Å². The maximum Gasteiger partial charge on any atom is 0.354 e. The Hall–Kier alpha value is -3.68. The van der Waals surface area contributed by atoms with Crippen LogP contribution in [-0.2, 0) is 20.9 Å². The van der Waals surface area contributed by atoms with E-state index < -0.39 is 11.6 Å². The summed E-state index contributed by atoms with van der Waals surface area (Å²) in [6.07, 6.45) is 1.98. The molecule has 0 unspecified atom stereocenters. The largest absolute Gasteiger partial charge is 0.453 e. The molecule has 3 aromatic rings. The predicted molar refractivity (Wildman–Crippen MR) is 109 cm³/mol. The number of amides is 2. The van der Waals surface area contributed by atoms with E-state index in [-0.39, 0.29) is 43.2 Å². The quantitative estimate of drug-likeness (QED) is 0.606. The van der Waals surface area contributed by atoms with Gasteiger partial charge in [0.05, 0.1) is 11.3 Å². The van der Waals surface area contributed by atoms with Gasteiger partial charge in [0.1, 0.15) is 5.52 Å². The molecular weight excluding hydrogens is 398 g/mol. The Bertz CT molecular complexity index is 1210. The summed E-state index contributed by atoms with van der Waals surface area (Å²) < 4.78 is 11.3. The van der Waals surface area contributed by atoms with Gasteiger partial charge in [0, 0.05) is 18.9 Å². The van der Waals surface area contributed by atoms with Gasteiger partial charge in [-0.3, -0.25) is 14.5 Å². The van der Waals surface area contributed by atoms with Crippen LogP contribution >= 0.6 is 0 Å². The molecule has 31 heavy (non-hydrogen) atoms. The molecule has 1 atom stereocenters. The second kappa shape index (κ2) is 6.41. The molecule has 2 fully saturated rings. The molecule has 156 valence electrons. The number of benzene rings is 2. The number of hydrogen-bond acceptors (Lipinski definition) is 6. The maximum atomic E-state index is 13.6. The van der Waals surface area contributed by atoms with Gasteiger partial charge in [0.25, 0.3) is 5.91 Å². The zero-order chi connectivity index (χ0) is 21.2. The zero-order valence-corrected chi connectivity index (χ0v) is 16.6. The van der Waals surface area contributed by atoms with E-state index in [0.717, 1.165) is 12.8 Å². The van der Waals surface area contributed by atoms with Crippen LogP contribution in [0.5, 0.6) is 0 Å². The lowest BCUT2D eigenvalue weighted by Crippen LogP contribution is -2.69. The van der Waals surface area contributed by atoms with E-state index in [2.05, 4.69) is 4.98 Å². The summed E-state index contributed by atoms with van der Waals surface area (Å²) in [5, 5.41) is 0. The number of oxazole rings is 1. The monoisotopic (exact) mass is 417 g/mol. The Morgan fingerprint density at radius 2 is 1.90 bits per heavy atom. The molecule has 1 saturated carbocycles. The molecule has 0 radical (unpaired) electrons. The third kappa shape index (κ3) is 2.54. The molecule has 2 amide bonds. The van der Waals surface area contributed by atoms with Crippen molar-refractivity contribution in [2.24, 2.45) is 0 Å². The molecule has 3 heterocycles. The Kier molecular flexibility index (Phi) is 3.74. The molecule has 0 bridgehead atoms. The molecule has 8 nitrogen and oxygen atoms in total. The van der Waals surface area contributed by atoms with Gasteiger partial charge in [-0.05, 0) is 37.1 Å². The van der Waals surface area contributed by atoms with Crippen LogP contribution in [0.25, 0.3) is 11.1 Å². The minimum absolute atomic E-state index is 0.0777. The first kappa shape index (κ1) is 18.1. The molecule has 1 aliphatic carbocycles. The zero-order valence-electron chi connectivity index (χ0n) is 16.6. The first-order valence-electron chi connectivity index (χ1n) is 10.4. The highest BCUT2D eigenvalue weighted by atomic mass is 16.5. The predicted octanol–water partition coefficient (Wildman–Crippen LogP) is 3.01. The van der Waals surface area contributed by atoms with Crippen molar-refractivity contribution in [2.75, 3.05) is 4.90 Å². The summed E-state index contributed by atoms with van der Waals surface area (Å²) in [5.74, 6) is -0.787. The molecule has 3 aliphatic rings. The number of carbonyl (C=O) groups is 3. The number of anilines is 1. The third-order valence-electron chi connectivity index (χ3n) is 6.20. The van der Waals surface area contributed by atoms with Crippen LogP contribution in [-0.4, -0.2) is 39.4 Å². The van der Waals surface area contributed by atoms with E-state index in [4.69, 9.17) is 9.15 Å². The summed E-state index contributed by atoms with van der Waals surface area (Å²) in [5.41, 5.74) is 0.713. The van der Waals surface area contributed by atoms with Crippen molar-refractivity contribution < 1.29 is 23.5 Å². The first-order valence-corrected chi connectivity index (χ1v) is 10.4. The minimum atomic E-state index is -1.46. The van der Waals surface area contributed by atoms with Gasteiger partial charge in [-0.25, -0.2) is 9.78 Å². The first-order chi connectivity index (χ1) is 15.1. The highest BCUT2D eigenvalue weighted by Crippen LogP contribution is 2.49. The lowest BCUT2D eigenvalue weighted by molar-refractivity contribution is -0.159. The van der Waals surface area contributed by atoms with Crippen LogP contribution in [0.15, 0.2) is 52.9 Å². The number of ether oxygens (including phenoxy) is 1. The third-order valence-corrected chi connectivity index (χ3v) is 6.20. The summed E-state index contributed by atoms with van der Waals surface area (Å²) in [6, 6.07) is 14.1. The number of nitrogens with zero attached hydrogens (tertiary/aromatic N) is 3. The van der Waals surface area contributed by atoms with Crippen LogP contribution in [0.1, 0.15) is 41.9 Å². The number of hydrogen-bond donors (Lipinski definition) is 0. The van der Waals surface area contributed by atoms with Crippen molar-refractivity contribution in [2.45, 2.75) is 44.0 Å². The Morgan fingerprint density at radius 3 is 2.71 bits per heavy atom. The van der Waals surface area contributed by atoms with Gasteiger partial charge in [-0.15, -0.1) is 0 Å². The fourth-order valence-corrected chi connectivity index (χ4v) is 4.74. The number of aromatic nitrogens is 1. The van der Waals surface area contributed by atoms with Crippen molar-refractivity contribution in [3.05, 3.63) is 60.0 Å². The average Bonchev–Trinajstić information content (AvgIpc) is 3.42. The normalized spacial score (nSPS) is 22.6. The van der Waals surface area contributed by atoms with Crippen LogP contribution < -0.4 is 4.90 Å². The highest BCUT2D eigenvalue weighted by molar-refractivity contribution is 6.15. The summed E-state index contributed by atoms with van der Waals surface area (Å²) in [7, 11) is 0. The van der Waals surface area contributed by atoms with E-state index in [1.54, 1.807) is 35.2 Å². The van der Waals surface area contributed by atoms with Gasteiger partial charge >= 0.3 is 5.97 Å². The number of fused-ring (bicyclic) bond motifs is 4. The lowest BCUT2D eigenvalue weighted by atomic mass is 9.96. The van der Waals surface area contributed by atoms with Crippen molar-refractivity contribution >= 4 is 34.6 Å². The van der Waals surface area contributed by atoms with Crippen molar-refractivity contribution in [1.29, 1.82) is 0 Å². The van der Waals surface area contributed by atoms with Crippen molar-refractivity contribution in [3.8, 4) is 0 Å². The van der Waals surface area contributed by atoms with Crippen LogP contribution in [0, 0.1) is 0 Å². The Morgan fingerprint density at radius 1 is 1.13 bits per heavy atom. The number of esters is 1. The van der Waals surface area contributed by atoms with E-state index in [1.807, 2.05) is 18.2 Å². The summed E-state index contributed by atoms with van der Waals surface area (Å²) >= 11 is 0. The van der Waals surface area contributed by atoms with Gasteiger partial charge in [-0.1, -0.05) is 24.3 Å². The molecule has 0 spiro atoms. The van der Waals surface area contributed by atoms with Crippen molar-refractivity contribution in [3.63, 3.8) is 0 Å². The topological polar surface area (TPSA) is 93.0 Å². The highest BCUT2D eigenvalue weighted by Gasteiger charge is 2.64. The number of carbonyl (C=O) groups excluding carboxylic acids is 3. The number of rotatable bonds is 4. The maximum absolute atomic E-state index is 13.6. The molecule has 2 aromatic carbocycles. The second-order valence-electron chi connectivity index (χ2n) is 8.12. The molecule has 1 aromatic heterocycles. The molecular formula is C23H19N3O5. The molecule has 8 heteroatoms. The van der Waals surface area contributed by atoms with Crippen molar-refractivity contribution in [1.82, 2.24) is 9.88 Å². The van der Waals surface area contributed by atoms with Gasteiger partial charge in [-0.2, -0.15) is 0 Å². The smallest absolute Gasteiger partial charge is 0.354 e. The lowest BCUT2D eigenvalue weighted by Gasteiger charge is -2.48. The standard InChI is InChI=1S/C23H19N3O5/c27-20-11-12-23(22(29)30-13-19-24-16-6-2-4-8-18(16)31-19)25(14-9-10-14)21(28)15-5-1-3-7-17(15)26(20)23/h1-8,14H,9-13H2/t23-/m1/s1. The van der Waals surface area contributed by atoms with Crippen LogP contribution in [0.2, 0.25) is 0 Å². The second-order valence-corrected chi connectivity index (χ2v) is 8.12. The van der Waals surface area contributed by atoms with Crippen LogP contribution in [0.3, 0.4) is 0 Å². The van der Waals surface area contributed by atoms with E-state index in [0.29, 0.717) is 22.4 Å². The number of para-hydroxylation sites is 3. The molecule has 2 aliphatic heterocycles. The minimum Gasteiger partial charge on any atom is -0.453 e. The van der Waals surface area contributed by atoms with Gasteiger partial charge in [0.15, 0.2) is 12.2 Å². The fourth-order valence-electron chi connectivity index (χ4n) is 4.74. The summed E-state index contributed by atoms with van der Waals surface area (Å²) in [6.45, 7) is -0.175. The Balaban J connectivity index is 1.38.